The van der Waals surface area contributed by atoms with Gasteiger partial charge in [-0.15, -0.1) is 0 Å². The summed E-state index contributed by atoms with van der Waals surface area (Å²) in [5, 5.41) is 36.8. The van der Waals surface area contributed by atoms with Gasteiger partial charge in [0.15, 0.2) is 11.5 Å². The van der Waals surface area contributed by atoms with Crippen LogP contribution in [0.1, 0.15) is 22.3 Å². The molecule has 4 aromatic rings. The topological polar surface area (TPSA) is 166 Å². The van der Waals surface area contributed by atoms with Crippen molar-refractivity contribution in [1.82, 2.24) is 0 Å². The fraction of sp³-hybridized carbons (Fsp3) is 0. The van der Waals surface area contributed by atoms with Crippen molar-refractivity contribution < 1.29 is 9.47 Å². The summed E-state index contributed by atoms with van der Waals surface area (Å²) in [5.74, 6) is 1.46. The van der Waals surface area contributed by atoms with Crippen LogP contribution in [0.5, 0.6) is 23.0 Å². The Bertz CT molecular complexity index is 1540. The van der Waals surface area contributed by atoms with Gasteiger partial charge in [0, 0.05) is 0 Å². The predicted octanol–water partition coefficient (Wildman–Crippen LogP) is 5.59. The molecule has 0 saturated carbocycles. The number of ether oxygens (including phenoxy) is 2. The van der Waals surface area contributed by atoms with Crippen molar-refractivity contribution in [2.24, 2.45) is 0 Å². The van der Waals surface area contributed by atoms with Gasteiger partial charge in [0.1, 0.15) is 35.8 Å². The van der Waals surface area contributed by atoms with E-state index in [1.807, 2.05) is 36.4 Å². The Kier molecular flexibility index (Phi) is 6.38. The fourth-order valence-electron chi connectivity index (χ4n) is 3.41. The van der Waals surface area contributed by atoms with Crippen LogP contribution >= 0.6 is 0 Å². The van der Waals surface area contributed by atoms with E-state index in [9.17, 15) is 10.5 Å². The molecule has 0 fully saturated rings. The molecule has 36 heavy (non-hydrogen) atoms. The molecule has 0 aliphatic carbocycles. The van der Waals surface area contributed by atoms with Crippen LogP contribution in [0.25, 0.3) is 11.1 Å². The van der Waals surface area contributed by atoms with E-state index in [0.717, 1.165) is 11.1 Å². The average molecular weight is 468 g/mol. The first-order chi connectivity index (χ1) is 17.4. The molecule has 4 aromatic carbocycles. The summed E-state index contributed by atoms with van der Waals surface area (Å²) in [6, 6.07) is 27.5. The number of nitrogen functional groups attached to an aromatic ring is 2. The normalized spacial score (nSPS) is 9.78. The van der Waals surface area contributed by atoms with Crippen molar-refractivity contribution in [2.45, 2.75) is 0 Å². The van der Waals surface area contributed by atoms with E-state index in [4.69, 9.17) is 31.5 Å². The number of benzene rings is 4. The third-order valence-corrected chi connectivity index (χ3v) is 5.28. The molecule has 0 saturated heterocycles. The zero-order chi connectivity index (χ0) is 25.7. The molecule has 4 rings (SSSR count). The minimum absolute atomic E-state index is 0.201. The number of hydrogen-bond donors (Lipinski definition) is 2. The maximum absolute atomic E-state index is 9.26. The lowest BCUT2D eigenvalue weighted by Gasteiger charge is -2.13. The highest BCUT2D eigenvalue weighted by molar-refractivity contribution is 5.74. The summed E-state index contributed by atoms with van der Waals surface area (Å²) in [4.78, 5) is 0. The van der Waals surface area contributed by atoms with E-state index in [2.05, 4.69) is 0 Å². The third-order valence-electron chi connectivity index (χ3n) is 5.28. The molecule has 8 nitrogen and oxygen atoms in total. The zero-order valence-electron chi connectivity index (χ0n) is 18.7. The molecule has 0 spiro atoms. The molecule has 0 amide bonds. The molecule has 0 heterocycles. The van der Waals surface area contributed by atoms with Crippen LogP contribution < -0.4 is 20.9 Å². The zero-order valence-corrected chi connectivity index (χ0v) is 18.7. The van der Waals surface area contributed by atoms with Crippen molar-refractivity contribution in [3.05, 3.63) is 95.1 Å². The molecule has 8 heteroatoms. The number of hydrogen-bond acceptors (Lipinski definition) is 8. The Morgan fingerprint density at radius 3 is 1.22 bits per heavy atom. The van der Waals surface area contributed by atoms with Crippen molar-refractivity contribution in [2.75, 3.05) is 11.5 Å². The lowest BCUT2D eigenvalue weighted by atomic mass is 10.0. The van der Waals surface area contributed by atoms with E-state index < -0.39 is 0 Å². The maximum Gasteiger partial charge on any atom is 0.150 e. The van der Waals surface area contributed by atoms with E-state index in [-0.39, 0.29) is 22.3 Å². The lowest BCUT2D eigenvalue weighted by Crippen LogP contribution is -1.95. The van der Waals surface area contributed by atoms with Gasteiger partial charge in [-0.25, -0.2) is 0 Å². The molecular formula is C28H16N6O2. The number of rotatable bonds is 5. The van der Waals surface area contributed by atoms with Crippen LogP contribution in [0, 0.1) is 45.3 Å². The van der Waals surface area contributed by atoms with Gasteiger partial charge in [-0.1, -0.05) is 12.1 Å². The second-order valence-electron chi connectivity index (χ2n) is 7.57. The minimum atomic E-state index is 0.201. The Hall–Kier alpha value is -5.96. The van der Waals surface area contributed by atoms with Crippen LogP contribution in [0.2, 0.25) is 0 Å². The maximum atomic E-state index is 9.26. The predicted molar refractivity (Wildman–Crippen MR) is 133 cm³/mol. The van der Waals surface area contributed by atoms with Crippen LogP contribution in [-0.2, 0) is 0 Å². The first-order valence-corrected chi connectivity index (χ1v) is 10.5. The summed E-state index contributed by atoms with van der Waals surface area (Å²) in [5.41, 5.74) is 15.4. The molecule has 0 aromatic heterocycles. The molecule has 0 radical (unpaired) electrons. The summed E-state index contributed by atoms with van der Waals surface area (Å²) in [6.07, 6.45) is 0. The Labute approximate surface area is 207 Å². The second-order valence-corrected chi connectivity index (χ2v) is 7.57. The number of nitriles is 4. The molecule has 0 unspecified atom stereocenters. The Balaban J connectivity index is 1.65. The van der Waals surface area contributed by atoms with Crippen LogP contribution in [0.15, 0.2) is 72.8 Å². The highest BCUT2D eigenvalue weighted by Crippen LogP contribution is 2.37. The minimum Gasteiger partial charge on any atom is -0.455 e. The quantitative estimate of drug-likeness (QED) is 0.358. The third kappa shape index (κ3) is 4.70. The average Bonchev–Trinajstić information content (AvgIpc) is 2.91. The summed E-state index contributed by atoms with van der Waals surface area (Å²) >= 11 is 0. The van der Waals surface area contributed by atoms with Crippen LogP contribution in [0.4, 0.5) is 11.4 Å². The van der Waals surface area contributed by atoms with Crippen LogP contribution in [-0.4, -0.2) is 0 Å². The Morgan fingerprint density at radius 2 is 0.861 bits per heavy atom. The molecule has 0 aliphatic heterocycles. The van der Waals surface area contributed by atoms with E-state index >= 15 is 0 Å². The van der Waals surface area contributed by atoms with Crippen molar-refractivity contribution in [3.8, 4) is 58.4 Å². The number of nitrogens with two attached hydrogens (primary N) is 2. The first kappa shape index (κ1) is 23.2. The highest BCUT2D eigenvalue weighted by Gasteiger charge is 2.12. The molecule has 0 bridgehead atoms. The van der Waals surface area contributed by atoms with Crippen LogP contribution in [0.3, 0.4) is 0 Å². The number of nitrogens with zero attached hydrogens (tertiary/aromatic N) is 4. The molecule has 0 atom stereocenters. The van der Waals surface area contributed by atoms with Crippen molar-refractivity contribution in [3.63, 3.8) is 0 Å². The van der Waals surface area contributed by atoms with Gasteiger partial charge in [0.05, 0.1) is 33.6 Å². The van der Waals surface area contributed by atoms with E-state index in [1.54, 1.807) is 36.4 Å². The molecule has 4 N–H and O–H groups in total. The van der Waals surface area contributed by atoms with Gasteiger partial charge in [-0.2, -0.15) is 21.0 Å². The first-order valence-electron chi connectivity index (χ1n) is 10.5. The van der Waals surface area contributed by atoms with Gasteiger partial charge < -0.3 is 20.9 Å². The van der Waals surface area contributed by atoms with Gasteiger partial charge in [-0.05, 0) is 71.8 Å². The Morgan fingerprint density at radius 1 is 0.472 bits per heavy atom. The van der Waals surface area contributed by atoms with Crippen molar-refractivity contribution >= 4 is 11.4 Å². The molecule has 170 valence electrons. The standard InChI is InChI=1S/C28H16N6O2/c29-13-19-1-5-23(9-21(19)15-31)35-27-11-17(3-7-25(27)33)18-4-8-26(34)28(12-18)36-24-6-2-20(14-30)22(10-24)16-32/h1-12H,33-34H2. The van der Waals surface area contributed by atoms with Gasteiger partial charge in [0.25, 0.3) is 0 Å². The van der Waals surface area contributed by atoms with E-state index in [1.165, 1.54) is 24.3 Å². The largest absolute Gasteiger partial charge is 0.455 e. The lowest BCUT2D eigenvalue weighted by molar-refractivity contribution is 0.484. The van der Waals surface area contributed by atoms with Gasteiger partial charge >= 0.3 is 0 Å². The molecular weight excluding hydrogens is 452 g/mol. The highest BCUT2D eigenvalue weighted by atomic mass is 16.5. The molecule has 0 aliphatic rings. The fourth-order valence-corrected chi connectivity index (χ4v) is 3.41. The monoisotopic (exact) mass is 468 g/mol. The summed E-state index contributed by atoms with van der Waals surface area (Å²) < 4.78 is 11.8. The summed E-state index contributed by atoms with van der Waals surface area (Å²) in [7, 11) is 0. The number of anilines is 2. The van der Waals surface area contributed by atoms with Gasteiger partial charge in [-0.3, -0.25) is 0 Å². The van der Waals surface area contributed by atoms with Crippen molar-refractivity contribution in [1.29, 1.82) is 21.0 Å². The SMILES string of the molecule is N#Cc1ccc(Oc2cc(-c3ccc(N)c(Oc4ccc(C#N)c(C#N)c4)c3)ccc2N)cc1C#N. The second kappa shape index (κ2) is 9.89. The summed E-state index contributed by atoms with van der Waals surface area (Å²) in [6.45, 7) is 0. The smallest absolute Gasteiger partial charge is 0.150 e. The van der Waals surface area contributed by atoms with E-state index in [0.29, 0.717) is 34.4 Å². The van der Waals surface area contributed by atoms with Gasteiger partial charge in [0.2, 0.25) is 0 Å².